The van der Waals surface area contributed by atoms with E-state index in [2.05, 4.69) is 10.6 Å². The van der Waals surface area contributed by atoms with Gasteiger partial charge < -0.3 is 25.4 Å². The fourth-order valence-corrected chi connectivity index (χ4v) is 3.58. The molecule has 0 saturated heterocycles. The summed E-state index contributed by atoms with van der Waals surface area (Å²) in [4.78, 5) is 40.5. The molecule has 0 saturated carbocycles. The van der Waals surface area contributed by atoms with Crippen molar-refractivity contribution in [2.75, 3.05) is 18.4 Å². The fraction of sp³-hybridized carbons (Fsp3) is 0.444. The third kappa shape index (κ3) is 8.96. The van der Waals surface area contributed by atoms with E-state index in [9.17, 15) is 19.5 Å². The van der Waals surface area contributed by atoms with Crippen LogP contribution in [0.5, 0.6) is 5.75 Å². The van der Waals surface area contributed by atoms with Gasteiger partial charge in [0.25, 0.3) is 5.91 Å². The van der Waals surface area contributed by atoms with Gasteiger partial charge in [-0.2, -0.15) is 0 Å². The van der Waals surface area contributed by atoms with E-state index in [1.807, 2.05) is 32.0 Å². The summed E-state index contributed by atoms with van der Waals surface area (Å²) in [7, 11) is 0. The van der Waals surface area contributed by atoms with Crippen LogP contribution in [0.4, 0.5) is 10.5 Å². The number of benzene rings is 2. The van der Waals surface area contributed by atoms with Gasteiger partial charge in [0.05, 0.1) is 0 Å². The van der Waals surface area contributed by atoms with Crippen LogP contribution in [0.15, 0.2) is 48.5 Å². The molecule has 3 N–H and O–H groups in total. The Morgan fingerprint density at radius 1 is 1.06 bits per heavy atom. The number of carbonyl (C=O) groups excluding carboxylic acids is 3. The van der Waals surface area contributed by atoms with Crippen LogP contribution in [0.3, 0.4) is 0 Å². The first kappa shape index (κ1) is 27.7. The number of rotatable bonds is 10. The molecule has 0 radical (unpaired) electrons. The summed E-state index contributed by atoms with van der Waals surface area (Å²) in [5, 5.41) is 15.5. The van der Waals surface area contributed by atoms with Gasteiger partial charge in [0, 0.05) is 12.2 Å². The maximum atomic E-state index is 13.6. The summed E-state index contributed by atoms with van der Waals surface area (Å²) in [6, 6.07) is 12.7. The Labute approximate surface area is 207 Å². The number of nitrogens with one attached hydrogen (secondary N) is 2. The first-order valence-corrected chi connectivity index (χ1v) is 11.9. The van der Waals surface area contributed by atoms with Gasteiger partial charge in [-0.15, -0.1) is 0 Å². The SMILES string of the molecule is CCCCCN(C(=O)CNC(=O)OC(C)(C)C)C(C(=O)Nc1ccccc1C)c1cccc(O)c1. The number of unbranched alkanes of at least 4 members (excludes halogenated alkanes) is 2. The highest BCUT2D eigenvalue weighted by Crippen LogP contribution is 2.27. The molecule has 1 atom stereocenters. The molecule has 0 aromatic heterocycles. The Balaban J connectivity index is 2.36. The first-order chi connectivity index (χ1) is 16.5. The number of hydrogen-bond donors (Lipinski definition) is 3. The van der Waals surface area contributed by atoms with Gasteiger partial charge in [0.2, 0.25) is 5.91 Å². The summed E-state index contributed by atoms with van der Waals surface area (Å²) in [6.07, 6.45) is 1.78. The number of nitrogens with zero attached hydrogens (tertiary/aromatic N) is 1. The number of ether oxygens (including phenoxy) is 1. The van der Waals surface area contributed by atoms with E-state index >= 15 is 0 Å². The van der Waals surface area contributed by atoms with Crippen molar-refractivity contribution in [3.05, 3.63) is 59.7 Å². The Morgan fingerprint density at radius 2 is 1.77 bits per heavy atom. The Morgan fingerprint density at radius 3 is 2.40 bits per heavy atom. The molecule has 35 heavy (non-hydrogen) atoms. The van der Waals surface area contributed by atoms with Crippen molar-refractivity contribution in [3.8, 4) is 5.75 Å². The molecule has 1 unspecified atom stereocenters. The second kappa shape index (κ2) is 12.8. The van der Waals surface area contributed by atoms with Crippen LogP contribution in [0.25, 0.3) is 0 Å². The monoisotopic (exact) mass is 483 g/mol. The highest BCUT2D eigenvalue weighted by molar-refractivity contribution is 5.98. The molecule has 8 heteroatoms. The zero-order valence-corrected chi connectivity index (χ0v) is 21.3. The van der Waals surface area contributed by atoms with E-state index in [-0.39, 0.29) is 12.3 Å². The van der Waals surface area contributed by atoms with Gasteiger partial charge in [0.15, 0.2) is 0 Å². The number of phenolic OH excluding ortho intramolecular Hbond substituents is 1. The lowest BCUT2D eigenvalue weighted by molar-refractivity contribution is -0.138. The average molecular weight is 484 g/mol. The van der Waals surface area contributed by atoms with Crippen LogP contribution in [0, 0.1) is 6.92 Å². The molecule has 2 aromatic rings. The lowest BCUT2D eigenvalue weighted by Crippen LogP contribution is -2.47. The Kier molecular flexibility index (Phi) is 10.1. The molecule has 8 nitrogen and oxygen atoms in total. The van der Waals surface area contributed by atoms with E-state index in [1.54, 1.807) is 39.0 Å². The lowest BCUT2D eigenvalue weighted by Gasteiger charge is -2.32. The smallest absolute Gasteiger partial charge is 0.408 e. The zero-order valence-electron chi connectivity index (χ0n) is 21.3. The van der Waals surface area contributed by atoms with Crippen molar-refractivity contribution in [1.82, 2.24) is 10.2 Å². The van der Waals surface area contributed by atoms with Gasteiger partial charge in [-0.25, -0.2) is 4.79 Å². The van der Waals surface area contributed by atoms with Crippen molar-refractivity contribution in [3.63, 3.8) is 0 Å². The van der Waals surface area contributed by atoms with Crippen LogP contribution in [-0.4, -0.2) is 46.6 Å². The van der Waals surface area contributed by atoms with Crippen LogP contribution in [0.1, 0.15) is 64.1 Å². The summed E-state index contributed by atoms with van der Waals surface area (Å²) in [5.41, 5.74) is 1.28. The second-order valence-corrected chi connectivity index (χ2v) is 9.45. The molecule has 0 aliphatic carbocycles. The quantitative estimate of drug-likeness (QED) is 0.416. The Hall–Kier alpha value is -3.55. The largest absolute Gasteiger partial charge is 0.508 e. The number of anilines is 1. The van der Waals surface area contributed by atoms with Crippen LogP contribution < -0.4 is 10.6 Å². The Bertz CT molecular complexity index is 1020. The predicted octanol–water partition coefficient (Wildman–Crippen LogP) is 4.92. The van der Waals surface area contributed by atoms with Crippen molar-refractivity contribution in [1.29, 1.82) is 0 Å². The van der Waals surface area contributed by atoms with E-state index in [4.69, 9.17) is 4.74 Å². The molecule has 0 fully saturated rings. The molecule has 2 aromatic carbocycles. The summed E-state index contributed by atoms with van der Waals surface area (Å²) < 4.78 is 5.23. The minimum absolute atomic E-state index is 0.0102. The first-order valence-electron chi connectivity index (χ1n) is 11.9. The molecule has 3 amide bonds. The van der Waals surface area contributed by atoms with E-state index < -0.39 is 29.6 Å². The molecule has 0 spiro atoms. The van der Waals surface area contributed by atoms with Crippen LogP contribution >= 0.6 is 0 Å². The number of hydrogen-bond acceptors (Lipinski definition) is 5. The molecule has 2 rings (SSSR count). The second-order valence-electron chi connectivity index (χ2n) is 9.45. The van der Waals surface area contributed by atoms with E-state index in [1.165, 1.54) is 17.0 Å². The van der Waals surface area contributed by atoms with Crippen molar-refractivity contribution >= 4 is 23.6 Å². The maximum Gasteiger partial charge on any atom is 0.408 e. The molecular weight excluding hydrogens is 446 g/mol. The number of aryl methyl sites for hydroxylation is 1. The van der Waals surface area contributed by atoms with Gasteiger partial charge in [0.1, 0.15) is 23.9 Å². The van der Waals surface area contributed by atoms with E-state index in [0.29, 0.717) is 24.2 Å². The third-order valence-corrected chi connectivity index (χ3v) is 5.25. The van der Waals surface area contributed by atoms with Crippen LogP contribution in [-0.2, 0) is 14.3 Å². The number of para-hydroxylation sites is 1. The number of amides is 3. The number of alkyl carbamates (subject to hydrolysis) is 1. The zero-order chi connectivity index (χ0) is 26.0. The minimum Gasteiger partial charge on any atom is -0.508 e. The highest BCUT2D eigenvalue weighted by atomic mass is 16.6. The van der Waals surface area contributed by atoms with Gasteiger partial charge in [-0.3, -0.25) is 9.59 Å². The standard InChI is InChI=1S/C27H37N3O5/c1-6-7-10-16-30(23(32)18-28-26(34)35-27(3,4)5)24(20-13-11-14-21(31)17-20)25(33)29-22-15-9-8-12-19(22)2/h8-9,11-15,17,24,31H,6-7,10,16,18H2,1-5H3,(H,28,34)(H,29,33). The van der Waals surface area contributed by atoms with Crippen molar-refractivity contribution < 1.29 is 24.2 Å². The summed E-state index contributed by atoms with van der Waals surface area (Å²) >= 11 is 0. The van der Waals surface area contributed by atoms with Gasteiger partial charge in [-0.05, 0) is 63.4 Å². The molecule has 0 aliphatic rings. The number of carbonyl (C=O) groups is 3. The normalized spacial score (nSPS) is 11.9. The predicted molar refractivity (Wildman–Crippen MR) is 136 cm³/mol. The minimum atomic E-state index is -1.01. The average Bonchev–Trinajstić information content (AvgIpc) is 2.77. The van der Waals surface area contributed by atoms with E-state index in [0.717, 1.165) is 18.4 Å². The summed E-state index contributed by atoms with van der Waals surface area (Å²) in [5.74, 6) is -0.851. The molecule has 0 heterocycles. The van der Waals surface area contributed by atoms with Crippen LogP contribution in [0.2, 0.25) is 0 Å². The molecular formula is C27H37N3O5. The third-order valence-electron chi connectivity index (χ3n) is 5.25. The highest BCUT2D eigenvalue weighted by Gasteiger charge is 2.32. The summed E-state index contributed by atoms with van der Waals surface area (Å²) in [6.45, 7) is 9.12. The van der Waals surface area contributed by atoms with Gasteiger partial charge >= 0.3 is 6.09 Å². The molecule has 0 aliphatic heterocycles. The lowest BCUT2D eigenvalue weighted by atomic mass is 10.0. The van der Waals surface area contributed by atoms with Gasteiger partial charge in [-0.1, -0.05) is 50.1 Å². The number of phenols is 1. The molecule has 0 bridgehead atoms. The maximum absolute atomic E-state index is 13.6. The van der Waals surface area contributed by atoms with Crippen molar-refractivity contribution in [2.45, 2.75) is 65.5 Å². The molecule has 190 valence electrons. The topological polar surface area (TPSA) is 108 Å². The van der Waals surface area contributed by atoms with Crippen molar-refractivity contribution in [2.24, 2.45) is 0 Å². The number of aromatic hydroxyl groups is 1. The fourth-order valence-electron chi connectivity index (χ4n) is 3.58.